The van der Waals surface area contributed by atoms with Crippen LogP contribution in [0, 0.1) is 0 Å². The molecule has 6 heteroatoms. The monoisotopic (exact) mass is 253 g/mol. The summed E-state index contributed by atoms with van der Waals surface area (Å²) in [5.41, 5.74) is 0. The Balaban J connectivity index is 0.00000106. The highest BCUT2D eigenvalue weighted by atomic mass is 32.2. The van der Waals surface area contributed by atoms with E-state index < -0.39 is 10.1 Å². The van der Waals surface area contributed by atoms with Crippen LogP contribution in [0.1, 0.15) is 38.5 Å². The maximum absolute atomic E-state index is 10.4. The number of aliphatic hydroxyl groups is 1. The van der Waals surface area contributed by atoms with E-state index in [9.17, 15) is 8.42 Å². The van der Waals surface area contributed by atoms with Crippen LogP contribution in [0.2, 0.25) is 0 Å². The normalized spacial score (nSPS) is 17.7. The molecule has 16 heavy (non-hydrogen) atoms. The van der Waals surface area contributed by atoms with Crippen LogP contribution in [-0.2, 0) is 10.1 Å². The zero-order valence-corrected chi connectivity index (χ0v) is 10.7. The molecule has 0 unspecified atom stereocenters. The second-order valence-electron chi connectivity index (χ2n) is 3.93. The fraction of sp³-hybridized carbons (Fsp3) is 1.00. The number of aliphatic hydroxyl groups excluding tert-OH is 1. The average Bonchev–Trinajstić information content (AvgIpc) is 2.28. The van der Waals surface area contributed by atoms with Crippen molar-refractivity contribution in [3.8, 4) is 0 Å². The summed E-state index contributed by atoms with van der Waals surface area (Å²) >= 11 is 0. The first-order valence-corrected chi connectivity index (χ1v) is 7.32. The van der Waals surface area contributed by atoms with Crippen molar-refractivity contribution in [2.75, 3.05) is 19.4 Å². The van der Waals surface area contributed by atoms with Gasteiger partial charge < -0.3 is 10.4 Å². The van der Waals surface area contributed by atoms with Crippen LogP contribution >= 0.6 is 0 Å². The zero-order chi connectivity index (χ0) is 12.4. The molecule has 0 saturated heterocycles. The highest BCUT2D eigenvalue weighted by Gasteiger charge is 2.12. The van der Waals surface area contributed by atoms with Crippen LogP contribution < -0.4 is 5.32 Å². The van der Waals surface area contributed by atoms with Crippen molar-refractivity contribution in [3.05, 3.63) is 0 Å². The highest BCUT2D eigenvalue weighted by Crippen LogP contribution is 2.17. The van der Waals surface area contributed by atoms with E-state index in [1.165, 1.54) is 32.1 Å². The van der Waals surface area contributed by atoms with Gasteiger partial charge >= 0.3 is 0 Å². The highest BCUT2D eigenvalue weighted by molar-refractivity contribution is 7.85. The van der Waals surface area contributed by atoms with Crippen LogP contribution in [0.3, 0.4) is 0 Å². The Kier molecular flexibility index (Phi) is 8.83. The van der Waals surface area contributed by atoms with E-state index in [0.717, 1.165) is 7.11 Å². The lowest BCUT2D eigenvalue weighted by molar-refractivity contribution is 0.373. The number of hydrogen-bond donors (Lipinski definition) is 3. The van der Waals surface area contributed by atoms with E-state index in [2.05, 4.69) is 5.32 Å². The molecule has 98 valence electrons. The van der Waals surface area contributed by atoms with Gasteiger partial charge in [0.2, 0.25) is 0 Å². The van der Waals surface area contributed by atoms with E-state index in [-0.39, 0.29) is 5.75 Å². The van der Waals surface area contributed by atoms with Crippen LogP contribution in [0.25, 0.3) is 0 Å². The van der Waals surface area contributed by atoms with Gasteiger partial charge in [-0.15, -0.1) is 0 Å². The van der Waals surface area contributed by atoms with Gasteiger partial charge in [-0.3, -0.25) is 4.55 Å². The van der Waals surface area contributed by atoms with Gasteiger partial charge in [-0.1, -0.05) is 19.3 Å². The standard InChI is InChI=1S/C9H19NO3S.CH4O/c11-14(12,13)8-4-7-10-9-5-2-1-3-6-9;1-2/h9-10H,1-8H2,(H,11,12,13);2H,1H3. The lowest BCUT2D eigenvalue weighted by Crippen LogP contribution is -2.32. The Morgan fingerprint density at radius 2 is 1.75 bits per heavy atom. The Morgan fingerprint density at radius 3 is 2.25 bits per heavy atom. The number of nitrogens with one attached hydrogen (secondary N) is 1. The molecule has 0 aliphatic heterocycles. The molecule has 0 spiro atoms. The van der Waals surface area contributed by atoms with Crippen molar-refractivity contribution in [2.24, 2.45) is 0 Å². The minimum Gasteiger partial charge on any atom is -0.400 e. The summed E-state index contributed by atoms with van der Waals surface area (Å²) in [6, 6.07) is 0.560. The predicted octanol–water partition coefficient (Wildman–Crippen LogP) is 0.795. The molecule has 0 heterocycles. The summed E-state index contributed by atoms with van der Waals surface area (Å²) in [5.74, 6) is -0.132. The lowest BCUT2D eigenvalue weighted by atomic mass is 9.95. The van der Waals surface area contributed by atoms with Crippen LogP contribution in [0.4, 0.5) is 0 Å². The second kappa shape index (κ2) is 8.92. The molecule has 1 rings (SSSR count). The summed E-state index contributed by atoms with van der Waals surface area (Å²) in [6.07, 6.45) is 6.77. The molecular formula is C10H23NO4S. The molecule has 0 bridgehead atoms. The fourth-order valence-corrected chi connectivity index (χ4v) is 2.38. The average molecular weight is 253 g/mol. The Labute approximate surface area is 98.0 Å². The Hall–Kier alpha value is -0.170. The van der Waals surface area contributed by atoms with E-state index in [1.54, 1.807) is 0 Å². The second-order valence-corrected chi connectivity index (χ2v) is 5.50. The first-order valence-electron chi connectivity index (χ1n) is 5.71. The summed E-state index contributed by atoms with van der Waals surface area (Å²) in [4.78, 5) is 0. The Bertz CT molecular complexity index is 248. The summed E-state index contributed by atoms with van der Waals surface area (Å²) in [5, 5.41) is 10.3. The van der Waals surface area contributed by atoms with E-state index in [0.29, 0.717) is 19.0 Å². The molecule has 0 aromatic heterocycles. The molecule has 1 aliphatic rings. The molecule has 3 N–H and O–H groups in total. The molecule has 0 atom stereocenters. The number of hydrogen-bond acceptors (Lipinski definition) is 4. The smallest absolute Gasteiger partial charge is 0.264 e. The maximum atomic E-state index is 10.4. The first kappa shape index (κ1) is 15.8. The predicted molar refractivity (Wildman–Crippen MR) is 64.1 cm³/mol. The minimum absolute atomic E-state index is 0.132. The van der Waals surface area contributed by atoms with Gasteiger partial charge in [-0.25, -0.2) is 0 Å². The molecular weight excluding hydrogens is 230 g/mol. The van der Waals surface area contributed by atoms with Crippen molar-refractivity contribution in [2.45, 2.75) is 44.6 Å². The third kappa shape index (κ3) is 9.08. The molecule has 0 aromatic carbocycles. The molecule has 0 aromatic rings. The van der Waals surface area contributed by atoms with E-state index in [4.69, 9.17) is 9.66 Å². The van der Waals surface area contributed by atoms with Gasteiger partial charge in [0.05, 0.1) is 5.75 Å². The van der Waals surface area contributed by atoms with E-state index in [1.807, 2.05) is 0 Å². The summed E-state index contributed by atoms with van der Waals surface area (Å²) in [7, 11) is -2.77. The van der Waals surface area contributed by atoms with E-state index >= 15 is 0 Å². The Morgan fingerprint density at radius 1 is 1.19 bits per heavy atom. The van der Waals surface area contributed by atoms with Crippen LogP contribution in [0.5, 0.6) is 0 Å². The number of rotatable bonds is 5. The van der Waals surface area contributed by atoms with Crippen molar-refractivity contribution < 1.29 is 18.1 Å². The van der Waals surface area contributed by atoms with Crippen LogP contribution in [0.15, 0.2) is 0 Å². The maximum Gasteiger partial charge on any atom is 0.264 e. The van der Waals surface area contributed by atoms with Gasteiger partial charge in [0.25, 0.3) is 10.1 Å². The lowest BCUT2D eigenvalue weighted by Gasteiger charge is -2.22. The van der Waals surface area contributed by atoms with Crippen LogP contribution in [-0.4, -0.2) is 43.5 Å². The van der Waals surface area contributed by atoms with Gasteiger partial charge in [-0.05, 0) is 25.8 Å². The molecule has 1 fully saturated rings. The molecule has 0 amide bonds. The quantitative estimate of drug-likeness (QED) is 0.498. The molecule has 1 saturated carbocycles. The van der Waals surface area contributed by atoms with Crippen molar-refractivity contribution in [1.29, 1.82) is 0 Å². The topological polar surface area (TPSA) is 86.6 Å². The summed E-state index contributed by atoms with van der Waals surface area (Å²) in [6.45, 7) is 0.685. The van der Waals surface area contributed by atoms with Crippen molar-refractivity contribution >= 4 is 10.1 Å². The summed E-state index contributed by atoms with van der Waals surface area (Å²) < 4.78 is 29.3. The van der Waals surface area contributed by atoms with Gasteiger partial charge in [0.1, 0.15) is 0 Å². The SMILES string of the molecule is CO.O=S(=O)(O)CCCNC1CCCCC1. The third-order valence-electron chi connectivity index (χ3n) is 2.62. The largest absolute Gasteiger partial charge is 0.400 e. The van der Waals surface area contributed by atoms with Gasteiger partial charge in [0.15, 0.2) is 0 Å². The van der Waals surface area contributed by atoms with Crippen molar-refractivity contribution in [1.82, 2.24) is 5.32 Å². The molecule has 5 nitrogen and oxygen atoms in total. The molecule has 1 aliphatic carbocycles. The van der Waals surface area contributed by atoms with Gasteiger partial charge in [0, 0.05) is 13.2 Å². The zero-order valence-electron chi connectivity index (χ0n) is 9.85. The van der Waals surface area contributed by atoms with Crippen molar-refractivity contribution in [3.63, 3.8) is 0 Å². The first-order chi connectivity index (χ1) is 7.58. The third-order valence-corrected chi connectivity index (χ3v) is 3.42. The van der Waals surface area contributed by atoms with Gasteiger partial charge in [-0.2, -0.15) is 8.42 Å². The minimum atomic E-state index is -3.77. The molecule has 0 radical (unpaired) electrons. The fourth-order valence-electron chi connectivity index (χ4n) is 1.87.